The Kier molecular flexibility index (Phi) is 5.32. The summed E-state index contributed by atoms with van der Waals surface area (Å²) in [5.74, 6) is 0. The minimum Gasteiger partial charge on any atom is -0.367 e. The van der Waals surface area contributed by atoms with E-state index in [1.807, 2.05) is 18.2 Å². The average molecular weight is 375 g/mol. The molecule has 2 aromatic carbocycles. The van der Waals surface area contributed by atoms with Gasteiger partial charge in [0.05, 0.1) is 22.0 Å². The molecule has 3 rings (SSSR count). The lowest BCUT2D eigenvalue weighted by molar-refractivity contribution is 0.208. The second-order valence-corrected chi connectivity index (χ2v) is 6.50. The van der Waals surface area contributed by atoms with Gasteiger partial charge in [0, 0.05) is 31.2 Å². The van der Waals surface area contributed by atoms with Gasteiger partial charge in [-0.15, -0.1) is 0 Å². The highest BCUT2D eigenvalue weighted by atomic mass is 35.5. The van der Waals surface area contributed by atoms with E-state index in [-0.39, 0.29) is 6.03 Å². The summed E-state index contributed by atoms with van der Waals surface area (Å²) in [6.07, 6.45) is 0. The van der Waals surface area contributed by atoms with Crippen molar-refractivity contribution in [3.8, 4) is 6.07 Å². The van der Waals surface area contributed by atoms with Crippen molar-refractivity contribution in [1.29, 1.82) is 5.26 Å². The van der Waals surface area contributed by atoms with Crippen LogP contribution in [-0.2, 0) is 0 Å². The zero-order valence-electron chi connectivity index (χ0n) is 13.4. The predicted octanol–water partition coefficient (Wildman–Crippen LogP) is 4.22. The van der Waals surface area contributed by atoms with Crippen LogP contribution < -0.4 is 10.2 Å². The molecule has 25 heavy (non-hydrogen) atoms. The van der Waals surface area contributed by atoms with Crippen LogP contribution >= 0.6 is 23.2 Å². The summed E-state index contributed by atoms with van der Waals surface area (Å²) in [6.45, 7) is 2.44. The summed E-state index contributed by atoms with van der Waals surface area (Å²) < 4.78 is 0. The molecule has 1 N–H and O–H groups in total. The Morgan fingerprint density at radius 1 is 1.08 bits per heavy atom. The van der Waals surface area contributed by atoms with E-state index in [2.05, 4.69) is 16.3 Å². The highest BCUT2D eigenvalue weighted by Gasteiger charge is 2.23. The van der Waals surface area contributed by atoms with Crippen LogP contribution in [0.4, 0.5) is 16.2 Å². The molecule has 1 fully saturated rings. The molecule has 0 spiro atoms. The largest absolute Gasteiger partial charge is 0.367 e. The number of amides is 2. The zero-order chi connectivity index (χ0) is 17.8. The summed E-state index contributed by atoms with van der Waals surface area (Å²) in [5, 5.41) is 13.0. The number of carbonyl (C=O) groups is 1. The lowest BCUT2D eigenvalue weighted by Gasteiger charge is -2.36. The number of anilines is 2. The number of piperazine rings is 1. The molecule has 0 unspecified atom stereocenters. The molecule has 1 heterocycles. The molecule has 1 saturated heterocycles. The zero-order valence-corrected chi connectivity index (χ0v) is 14.9. The molecule has 2 amide bonds. The third kappa shape index (κ3) is 3.98. The van der Waals surface area contributed by atoms with E-state index in [9.17, 15) is 10.1 Å². The highest BCUT2D eigenvalue weighted by molar-refractivity contribution is 6.35. The van der Waals surface area contributed by atoms with Gasteiger partial charge in [-0.3, -0.25) is 0 Å². The first-order valence-corrected chi connectivity index (χ1v) is 8.59. The van der Waals surface area contributed by atoms with Gasteiger partial charge in [-0.05, 0) is 30.3 Å². The monoisotopic (exact) mass is 374 g/mol. The van der Waals surface area contributed by atoms with E-state index in [0.717, 1.165) is 5.69 Å². The first-order chi connectivity index (χ1) is 12.1. The number of para-hydroxylation sites is 1. The van der Waals surface area contributed by atoms with E-state index < -0.39 is 0 Å². The van der Waals surface area contributed by atoms with E-state index in [0.29, 0.717) is 47.5 Å². The van der Waals surface area contributed by atoms with Gasteiger partial charge in [-0.25, -0.2) is 4.79 Å². The molecule has 0 aromatic heterocycles. The van der Waals surface area contributed by atoms with Crippen molar-refractivity contribution >= 4 is 40.6 Å². The molecule has 128 valence electrons. The highest BCUT2D eigenvalue weighted by Crippen LogP contribution is 2.26. The lowest BCUT2D eigenvalue weighted by Crippen LogP contribution is -2.50. The molecular weight excluding hydrogens is 359 g/mol. The number of hydrogen-bond acceptors (Lipinski definition) is 3. The second-order valence-electron chi connectivity index (χ2n) is 5.66. The van der Waals surface area contributed by atoms with Crippen molar-refractivity contribution in [2.75, 3.05) is 36.4 Å². The minimum absolute atomic E-state index is 0.211. The Balaban J connectivity index is 1.63. The number of nitrogens with one attached hydrogen (secondary N) is 1. The Bertz CT molecular complexity index is 826. The fraction of sp³-hybridized carbons (Fsp3) is 0.222. The molecule has 7 heteroatoms. The van der Waals surface area contributed by atoms with Gasteiger partial charge in [-0.1, -0.05) is 35.3 Å². The third-order valence-electron chi connectivity index (χ3n) is 4.10. The van der Waals surface area contributed by atoms with Crippen LogP contribution in [0.15, 0.2) is 42.5 Å². The normalized spacial score (nSPS) is 14.1. The van der Waals surface area contributed by atoms with Crippen molar-refractivity contribution in [2.45, 2.75) is 0 Å². The number of hydrogen-bond donors (Lipinski definition) is 1. The summed E-state index contributed by atoms with van der Waals surface area (Å²) in [7, 11) is 0. The number of halogens is 2. The van der Waals surface area contributed by atoms with E-state index in [4.69, 9.17) is 23.2 Å². The van der Waals surface area contributed by atoms with Crippen LogP contribution in [0.5, 0.6) is 0 Å². The van der Waals surface area contributed by atoms with Gasteiger partial charge in [0.25, 0.3) is 0 Å². The second kappa shape index (κ2) is 7.64. The quantitative estimate of drug-likeness (QED) is 0.855. The number of nitriles is 1. The maximum absolute atomic E-state index is 12.4. The average Bonchev–Trinajstić information content (AvgIpc) is 2.64. The van der Waals surface area contributed by atoms with Gasteiger partial charge in [-0.2, -0.15) is 5.26 Å². The SMILES string of the molecule is N#Cc1ccccc1N1CCN(C(=O)Nc2cc(Cl)ccc2Cl)CC1. The number of nitrogens with zero attached hydrogens (tertiary/aromatic N) is 3. The summed E-state index contributed by atoms with van der Waals surface area (Å²) >= 11 is 12.0. The maximum Gasteiger partial charge on any atom is 0.322 e. The molecule has 0 radical (unpaired) electrons. The Morgan fingerprint density at radius 2 is 1.80 bits per heavy atom. The Hall–Kier alpha value is -2.42. The number of carbonyl (C=O) groups excluding carboxylic acids is 1. The van der Waals surface area contributed by atoms with E-state index in [1.165, 1.54) is 0 Å². The van der Waals surface area contributed by atoms with Crippen molar-refractivity contribution in [3.05, 3.63) is 58.1 Å². The van der Waals surface area contributed by atoms with Gasteiger partial charge < -0.3 is 15.1 Å². The van der Waals surface area contributed by atoms with Gasteiger partial charge in [0.2, 0.25) is 0 Å². The van der Waals surface area contributed by atoms with Crippen molar-refractivity contribution < 1.29 is 4.79 Å². The van der Waals surface area contributed by atoms with E-state index >= 15 is 0 Å². The number of rotatable bonds is 2. The fourth-order valence-corrected chi connectivity index (χ4v) is 3.12. The fourth-order valence-electron chi connectivity index (χ4n) is 2.78. The molecule has 1 aliphatic rings. The standard InChI is InChI=1S/C18H16Cl2N4O/c19-14-5-6-15(20)16(11-14)22-18(25)24-9-7-23(8-10-24)17-4-2-1-3-13(17)12-21/h1-6,11H,7-10H2,(H,22,25). The first-order valence-electron chi connectivity index (χ1n) is 7.83. The molecule has 1 aliphatic heterocycles. The van der Waals surface area contributed by atoms with Gasteiger partial charge in [0.1, 0.15) is 6.07 Å². The summed E-state index contributed by atoms with van der Waals surface area (Å²) in [4.78, 5) is 16.3. The molecule has 0 bridgehead atoms. The summed E-state index contributed by atoms with van der Waals surface area (Å²) in [6, 6.07) is 14.4. The van der Waals surface area contributed by atoms with Crippen LogP contribution in [-0.4, -0.2) is 37.1 Å². The molecule has 5 nitrogen and oxygen atoms in total. The molecule has 0 aliphatic carbocycles. The lowest BCUT2D eigenvalue weighted by atomic mass is 10.1. The topological polar surface area (TPSA) is 59.4 Å². The molecule has 2 aromatic rings. The predicted molar refractivity (Wildman–Crippen MR) is 100 cm³/mol. The van der Waals surface area contributed by atoms with E-state index in [1.54, 1.807) is 29.2 Å². The number of benzene rings is 2. The van der Waals surface area contributed by atoms with Crippen LogP contribution in [0.1, 0.15) is 5.56 Å². The first kappa shape index (κ1) is 17.4. The van der Waals surface area contributed by atoms with Crippen molar-refractivity contribution in [2.24, 2.45) is 0 Å². The van der Waals surface area contributed by atoms with Gasteiger partial charge in [0.15, 0.2) is 0 Å². The Morgan fingerprint density at radius 3 is 2.52 bits per heavy atom. The van der Waals surface area contributed by atoms with Crippen LogP contribution in [0.2, 0.25) is 10.0 Å². The van der Waals surface area contributed by atoms with Gasteiger partial charge >= 0.3 is 6.03 Å². The van der Waals surface area contributed by atoms with Crippen molar-refractivity contribution in [1.82, 2.24) is 4.90 Å². The van der Waals surface area contributed by atoms with Crippen LogP contribution in [0.3, 0.4) is 0 Å². The van der Waals surface area contributed by atoms with Crippen LogP contribution in [0.25, 0.3) is 0 Å². The summed E-state index contributed by atoms with van der Waals surface area (Å²) in [5.41, 5.74) is 2.05. The van der Waals surface area contributed by atoms with Crippen LogP contribution in [0, 0.1) is 11.3 Å². The third-order valence-corrected chi connectivity index (χ3v) is 4.67. The minimum atomic E-state index is -0.211. The Labute approximate surface area is 156 Å². The molecular formula is C18H16Cl2N4O. The molecule has 0 saturated carbocycles. The smallest absolute Gasteiger partial charge is 0.322 e. The molecule has 0 atom stereocenters. The maximum atomic E-state index is 12.4. The van der Waals surface area contributed by atoms with Crippen molar-refractivity contribution in [3.63, 3.8) is 0 Å². The number of urea groups is 1.